The van der Waals surface area contributed by atoms with E-state index in [9.17, 15) is 24.8 Å². The fraction of sp³-hybridized carbons (Fsp3) is 0.0435. The molecular weight excluding hydrogens is 460 g/mol. The van der Waals surface area contributed by atoms with Gasteiger partial charge >= 0.3 is 11.6 Å². The number of carbonyl (C=O) groups excluding carboxylic acids is 2. The van der Waals surface area contributed by atoms with Crippen molar-refractivity contribution in [3.8, 4) is 16.9 Å². The van der Waals surface area contributed by atoms with Crippen LogP contribution in [0.2, 0.25) is 0 Å². The van der Waals surface area contributed by atoms with E-state index < -0.39 is 28.2 Å². The number of rotatable bonds is 7. The van der Waals surface area contributed by atoms with Gasteiger partial charge in [0.2, 0.25) is 5.76 Å². The minimum absolute atomic E-state index is 0.00245. The number of para-hydroxylation sites is 1. The smallest absolute Gasteiger partial charge is 0.311 e. The van der Waals surface area contributed by atoms with Gasteiger partial charge in [0, 0.05) is 34.3 Å². The van der Waals surface area contributed by atoms with Gasteiger partial charge in [0.1, 0.15) is 0 Å². The third-order valence-electron chi connectivity index (χ3n) is 4.80. The van der Waals surface area contributed by atoms with Crippen molar-refractivity contribution < 1.29 is 24.0 Å². The van der Waals surface area contributed by atoms with E-state index in [4.69, 9.17) is 4.42 Å². The molecule has 0 radical (unpaired) electrons. The van der Waals surface area contributed by atoms with Crippen molar-refractivity contribution in [3.63, 3.8) is 0 Å². The molecule has 172 valence electrons. The average Bonchev–Trinajstić information content (AvgIpc) is 3.51. The highest BCUT2D eigenvalue weighted by Crippen LogP contribution is 2.30. The fourth-order valence-corrected chi connectivity index (χ4v) is 3.95. The zero-order valence-corrected chi connectivity index (χ0v) is 18.3. The zero-order valence-electron chi connectivity index (χ0n) is 17.5. The number of phenols is 1. The van der Waals surface area contributed by atoms with E-state index in [1.807, 2.05) is 41.8 Å². The van der Waals surface area contributed by atoms with Crippen LogP contribution in [0.15, 0.2) is 76.7 Å². The number of hydrazine groups is 1. The third-order valence-corrected chi connectivity index (χ3v) is 5.74. The predicted molar refractivity (Wildman–Crippen MR) is 125 cm³/mol. The van der Waals surface area contributed by atoms with Gasteiger partial charge in [-0.05, 0) is 47.3 Å². The normalized spacial score (nSPS) is 10.5. The molecule has 34 heavy (non-hydrogen) atoms. The minimum Gasteiger partial charge on any atom is -0.502 e. The van der Waals surface area contributed by atoms with Crippen LogP contribution in [0.1, 0.15) is 25.8 Å². The second-order valence-electron chi connectivity index (χ2n) is 7.05. The van der Waals surface area contributed by atoms with E-state index >= 15 is 0 Å². The van der Waals surface area contributed by atoms with E-state index in [1.165, 1.54) is 23.7 Å². The topological polar surface area (TPSA) is 147 Å². The molecule has 0 bridgehead atoms. The van der Waals surface area contributed by atoms with Crippen molar-refractivity contribution in [2.24, 2.45) is 0 Å². The van der Waals surface area contributed by atoms with Crippen molar-refractivity contribution in [3.05, 3.63) is 98.6 Å². The van der Waals surface area contributed by atoms with E-state index in [1.54, 1.807) is 6.07 Å². The Morgan fingerprint density at radius 3 is 2.56 bits per heavy atom. The first-order valence-electron chi connectivity index (χ1n) is 9.94. The maximum absolute atomic E-state index is 12.6. The lowest BCUT2D eigenvalue weighted by Crippen LogP contribution is -2.41. The summed E-state index contributed by atoms with van der Waals surface area (Å²) in [5.41, 5.74) is 6.02. The molecule has 0 fully saturated rings. The number of nitro groups is 1. The van der Waals surface area contributed by atoms with E-state index in [0.717, 1.165) is 28.3 Å². The van der Waals surface area contributed by atoms with Gasteiger partial charge in [0.15, 0.2) is 5.75 Å². The van der Waals surface area contributed by atoms with Gasteiger partial charge in [-0.3, -0.25) is 30.6 Å². The number of thiophene rings is 1. The number of nitrogens with zero attached hydrogens (tertiary/aromatic N) is 1. The van der Waals surface area contributed by atoms with Gasteiger partial charge in [-0.15, -0.1) is 11.3 Å². The minimum atomic E-state index is -0.815. The van der Waals surface area contributed by atoms with Gasteiger partial charge in [-0.2, -0.15) is 0 Å². The zero-order chi connectivity index (χ0) is 24.1. The molecule has 10 nitrogen and oxygen atoms in total. The summed E-state index contributed by atoms with van der Waals surface area (Å²) in [5.74, 6) is -2.07. The summed E-state index contributed by atoms with van der Waals surface area (Å²) in [4.78, 5) is 36.1. The average molecular weight is 478 g/mol. The molecule has 0 unspecified atom stereocenters. The van der Waals surface area contributed by atoms with Crippen LogP contribution in [0.4, 0.5) is 11.4 Å². The molecule has 0 saturated heterocycles. The molecule has 4 rings (SSSR count). The Morgan fingerprint density at radius 1 is 1.03 bits per heavy atom. The Morgan fingerprint density at radius 2 is 1.79 bits per heavy atom. The molecule has 0 atom stereocenters. The number of benzene rings is 2. The quantitative estimate of drug-likeness (QED) is 0.229. The van der Waals surface area contributed by atoms with Gasteiger partial charge in [0.25, 0.3) is 5.91 Å². The molecule has 4 N–H and O–H groups in total. The second-order valence-corrected chi connectivity index (χ2v) is 8.05. The third kappa shape index (κ3) is 5.05. The summed E-state index contributed by atoms with van der Waals surface area (Å²) in [6.45, 7) is 0.614. The number of carbonyl (C=O) groups is 2. The van der Waals surface area contributed by atoms with Crippen molar-refractivity contribution in [2.45, 2.75) is 6.54 Å². The molecule has 0 aliphatic rings. The molecule has 4 aromatic rings. The standard InChI is InChI=1S/C23H18N4O6S/c28-20-7-6-14(11-19(20)27(31)32)22(29)25-26-23(30)21-18(8-9-33-21)15-10-17(34-13-15)12-24-16-4-2-1-3-5-16/h1-11,13,24,28H,12H2,(H,25,29)(H,26,30). The van der Waals surface area contributed by atoms with Crippen LogP contribution in [0, 0.1) is 10.1 Å². The van der Waals surface area contributed by atoms with Crippen molar-refractivity contribution in [1.82, 2.24) is 10.9 Å². The van der Waals surface area contributed by atoms with Crippen LogP contribution < -0.4 is 16.2 Å². The molecule has 2 heterocycles. The molecule has 0 aliphatic carbocycles. The summed E-state index contributed by atoms with van der Waals surface area (Å²) in [7, 11) is 0. The van der Waals surface area contributed by atoms with Crippen LogP contribution >= 0.6 is 11.3 Å². The van der Waals surface area contributed by atoms with Crippen LogP contribution in [0.25, 0.3) is 11.1 Å². The lowest BCUT2D eigenvalue weighted by Gasteiger charge is -2.07. The van der Waals surface area contributed by atoms with Crippen LogP contribution in [-0.4, -0.2) is 21.8 Å². The second kappa shape index (κ2) is 9.88. The number of nitrogens with one attached hydrogen (secondary N) is 3. The first-order valence-corrected chi connectivity index (χ1v) is 10.8. The lowest BCUT2D eigenvalue weighted by atomic mass is 10.1. The molecule has 2 amide bonds. The molecule has 11 heteroatoms. The number of furan rings is 1. The van der Waals surface area contributed by atoms with Gasteiger partial charge < -0.3 is 14.8 Å². The highest BCUT2D eigenvalue weighted by Gasteiger charge is 2.20. The number of nitro benzene ring substituents is 1. The Balaban J connectivity index is 1.40. The van der Waals surface area contributed by atoms with E-state index in [0.29, 0.717) is 12.1 Å². The number of anilines is 1. The van der Waals surface area contributed by atoms with Crippen molar-refractivity contribution >= 4 is 34.5 Å². The Kier molecular flexibility index (Phi) is 6.55. The maximum atomic E-state index is 12.6. The van der Waals surface area contributed by atoms with Crippen LogP contribution in [0.5, 0.6) is 5.75 Å². The molecule has 0 saturated carbocycles. The Bertz CT molecular complexity index is 1350. The number of hydrogen-bond acceptors (Lipinski definition) is 8. The molecule has 2 aromatic carbocycles. The highest BCUT2D eigenvalue weighted by atomic mass is 32.1. The lowest BCUT2D eigenvalue weighted by molar-refractivity contribution is -0.385. The van der Waals surface area contributed by atoms with Crippen molar-refractivity contribution in [1.29, 1.82) is 0 Å². The van der Waals surface area contributed by atoms with Crippen LogP contribution in [-0.2, 0) is 6.54 Å². The molecular formula is C23H18N4O6S. The van der Waals surface area contributed by atoms with Crippen molar-refractivity contribution in [2.75, 3.05) is 5.32 Å². The summed E-state index contributed by atoms with van der Waals surface area (Å²) in [6, 6.07) is 16.5. The first kappa shape index (κ1) is 22.6. The fourth-order valence-electron chi connectivity index (χ4n) is 3.13. The summed E-state index contributed by atoms with van der Waals surface area (Å²) in [5, 5.41) is 25.7. The van der Waals surface area contributed by atoms with E-state index in [-0.39, 0.29) is 11.3 Å². The summed E-state index contributed by atoms with van der Waals surface area (Å²) in [6.07, 6.45) is 1.37. The number of phenolic OH excluding ortho intramolecular Hbond substituents is 1. The van der Waals surface area contributed by atoms with Gasteiger partial charge in [-0.25, -0.2) is 0 Å². The highest BCUT2D eigenvalue weighted by molar-refractivity contribution is 7.10. The number of hydrogen-bond donors (Lipinski definition) is 4. The number of aromatic hydroxyl groups is 1. The molecule has 0 spiro atoms. The van der Waals surface area contributed by atoms with Crippen LogP contribution in [0.3, 0.4) is 0 Å². The Hall–Kier alpha value is -4.64. The number of amides is 2. The monoisotopic (exact) mass is 478 g/mol. The first-order chi connectivity index (χ1) is 16.4. The largest absolute Gasteiger partial charge is 0.502 e. The summed E-state index contributed by atoms with van der Waals surface area (Å²) < 4.78 is 5.33. The van der Waals surface area contributed by atoms with Gasteiger partial charge in [0.05, 0.1) is 11.2 Å². The van der Waals surface area contributed by atoms with Gasteiger partial charge in [-0.1, -0.05) is 18.2 Å². The summed E-state index contributed by atoms with van der Waals surface area (Å²) >= 11 is 1.53. The van der Waals surface area contributed by atoms with E-state index in [2.05, 4.69) is 16.2 Å². The maximum Gasteiger partial charge on any atom is 0.311 e. The predicted octanol–water partition coefficient (Wildman–Crippen LogP) is 4.31. The Labute approximate surface area is 197 Å². The molecule has 2 aromatic heterocycles. The SMILES string of the molecule is O=C(NNC(=O)c1occc1-c1csc(CNc2ccccc2)c1)c1ccc(O)c([N+](=O)[O-])c1. The molecule has 0 aliphatic heterocycles.